The van der Waals surface area contributed by atoms with Gasteiger partial charge in [-0.05, 0) is 121 Å². The highest BCUT2D eigenvalue weighted by Gasteiger charge is 2.47. The van der Waals surface area contributed by atoms with E-state index in [0.717, 1.165) is 140 Å². The van der Waals surface area contributed by atoms with Gasteiger partial charge in [-0.3, -0.25) is 19.6 Å². The number of amides is 2. The topological polar surface area (TPSA) is 134 Å². The van der Waals surface area contributed by atoms with Crippen molar-refractivity contribution < 1.29 is 14.3 Å². The van der Waals surface area contributed by atoms with Gasteiger partial charge in [0.1, 0.15) is 16.2 Å². The highest BCUT2D eigenvalue weighted by atomic mass is 79.9. The predicted octanol–water partition coefficient (Wildman–Crippen LogP) is 7.64. The quantitative estimate of drug-likeness (QED) is 0.147. The number of carbonyl (C=O) groups is 2. The lowest BCUT2D eigenvalue weighted by Gasteiger charge is -2.46. The zero-order valence-electron chi connectivity index (χ0n) is 34.6. The molecule has 0 bridgehead atoms. The standard InChI is InChI=1S/C24H27N5O2.C23H24BrN5O/c1-31-22-15-18(7-11-25-22)17-29-12-4-8-24(23(29)30)9-13-28(14-10-24)21-16-26-19-5-2-3-6-20(19)27-21;24-20-14-17(6-10-25-20)16-29-11-3-7-23(22(29)30)8-12-28(13-9-23)21-15-26-18-4-1-2-5-19(18)27-21/h2-3,5-7,11,15-16H,4,8-10,12-14,17H2,1H3;1-2,4-6,10,14-15H,3,7-9,11-13,16H2. The van der Waals surface area contributed by atoms with Crippen LogP contribution in [0.3, 0.4) is 0 Å². The number of methoxy groups -OCH3 is 1. The first-order valence-electron chi connectivity index (χ1n) is 21.4. The molecule has 14 heteroatoms. The minimum atomic E-state index is -0.254. The number of pyridine rings is 2. The fraction of sp³-hybridized carbons (Fsp3) is 0.404. The molecule has 0 atom stereocenters. The van der Waals surface area contributed by atoms with Crippen molar-refractivity contribution in [1.29, 1.82) is 0 Å². The van der Waals surface area contributed by atoms with Gasteiger partial charge in [-0.25, -0.2) is 19.9 Å². The average molecular weight is 884 g/mol. The number of aromatic nitrogens is 6. The zero-order valence-corrected chi connectivity index (χ0v) is 36.2. The van der Waals surface area contributed by atoms with Crippen molar-refractivity contribution in [3.63, 3.8) is 0 Å². The molecule has 4 aliphatic heterocycles. The van der Waals surface area contributed by atoms with Gasteiger partial charge in [0.25, 0.3) is 0 Å². The lowest BCUT2D eigenvalue weighted by molar-refractivity contribution is -0.149. The fourth-order valence-corrected chi connectivity index (χ4v) is 10.1. The third-order valence-corrected chi connectivity index (χ3v) is 13.6. The number of hydrogen-bond donors (Lipinski definition) is 0. The van der Waals surface area contributed by atoms with Crippen LogP contribution in [0.2, 0.25) is 0 Å². The van der Waals surface area contributed by atoms with Gasteiger partial charge in [-0.1, -0.05) is 24.3 Å². The van der Waals surface area contributed by atoms with Crippen molar-refractivity contribution in [2.45, 2.75) is 64.5 Å². The summed E-state index contributed by atoms with van der Waals surface area (Å²) >= 11 is 3.42. The van der Waals surface area contributed by atoms with E-state index in [2.05, 4.69) is 45.7 Å². The number of rotatable bonds is 7. The number of carbonyl (C=O) groups excluding carboxylic acids is 2. The van der Waals surface area contributed by atoms with Crippen LogP contribution >= 0.6 is 15.9 Å². The van der Waals surface area contributed by atoms with Gasteiger partial charge in [0.15, 0.2) is 0 Å². The molecule has 2 amide bonds. The van der Waals surface area contributed by atoms with Crippen LogP contribution in [0.25, 0.3) is 22.1 Å². The second kappa shape index (κ2) is 17.7. The van der Waals surface area contributed by atoms with E-state index in [1.807, 2.05) is 95.0 Å². The molecule has 8 heterocycles. The molecule has 0 saturated carbocycles. The molecule has 10 rings (SSSR count). The van der Waals surface area contributed by atoms with Crippen LogP contribution in [-0.4, -0.2) is 97.9 Å². The van der Waals surface area contributed by atoms with E-state index in [1.54, 1.807) is 19.5 Å². The molecule has 0 unspecified atom stereocenters. The molecule has 4 saturated heterocycles. The van der Waals surface area contributed by atoms with Crippen molar-refractivity contribution in [3.05, 3.63) is 113 Å². The van der Waals surface area contributed by atoms with E-state index < -0.39 is 0 Å². The normalized spacial score (nSPS) is 18.7. The summed E-state index contributed by atoms with van der Waals surface area (Å²) in [6.07, 6.45) is 14.8. The van der Waals surface area contributed by atoms with Gasteiger partial charge in [0.2, 0.25) is 17.7 Å². The summed E-state index contributed by atoms with van der Waals surface area (Å²) in [5.41, 5.74) is 5.33. The van der Waals surface area contributed by atoms with Gasteiger partial charge < -0.3 is 24.3 Å². The van der Waals surface area contributed by atoms with Crippen molar-refractivity contribution in [2.75, 3.05) is 56.2 Å². The first-order valence-corrected chi connectivity index (χ1v) is 22.2. The second-order valence-corrected chi connectivity index (χ2v) is 17.6. The number of anilines is 2. The van der Waals surface area contributed by atoms with Gasteiger partial charge in [0, 0.05) is 70.8 Å². The Morgan fingerprint density at radius 2 is 1.03 bits per heavy atom. The van der Waals surface area contributed by atoms with Crippen molar-refractivity contribution in [3.8, 4) is 5.88 Å². The Hall–Kier alpha value is -5.76. The summed E-state index contributed by atoms with van der Waals surface area (Å²) in [5.74, 6) is 2.99. The number of piperidine rings is 4. The van der Waals surface area contributed by atoms with Crippen molar-refractivity contribution >= 4 is 61.4 Å². The molecule has 0 radical (unpaired) electrons. The maximum atomic E-state index is 13.5. The minimum Gasteiger partial charge on any atom is -0.481 e. The van der Waals surface area contributed by atoms with Crippen LogP contribution < -0.4 is 14.5 Å². The number of nitrogens with zero attached hydrogens (tertiary/aromatic N) is 10. The molecule has 61 heavy (non-hydrogen) atoms. The largest absolute Gasteiger partial charge is 0.481 e. The fourth-order valence-electron chi connectivity index (χ4n) is 9.70. The van der Waals surface area contributed by atoms with Crippen molar-refractivity contribution in [1.82, 2.24) is 39.7 Å². The van der Waals surface area contributed by atoms with Crippen LogP contribution in [0.1, 0.15) is 62.5 Å². The average Bonchev–Trinajstić information content (AvgIpc) is 3.30. The first kappa shape index (κ1) is 40.6. The number of ether oxygens (including phenoxy) is 1. The minimum absolute atomic E-state index is 0.233. The van der Waals surface area contributed by atoms with Crippen LogP contribution in [-0.2, 0) is 22.7 Å². The maximum absolute atomic E-state index is 13.5. The Bertz CT molecular complexity index is 2520. The van der Waals surface area contributed by atoms with Crippen LogP contribution in [0.4, 0.5) is 11.6 Å². The number of hydrogen-bond acceptors (Lipinski definition) is 11. The summed E-state index contributed by atoms with van der Waals surface area (Å²) in [6.45, 7) is 6.25. The summed E-state index contributed by atoms with van der Waals surface area (Å²) in [5, 5.41) is 0. The Morgan fingerprint density at radius 3 is 1.51 bits per heavy atom. The molecular weight excluding hydrogens is 832 g/mol. The Labute approximate surface area is 364 Å². The molecular formula is C47H51BrN10O3. The van der Waals surface area contributed by atoms with Crippen LogP contribution in [0.5, 0.6) is 5.88 Å². The predicted molar refractivity (Wildman–Crippen MR) is 239 cm³/mol. The Kier molecular flexibility index (Phi) is 11.8. The summed E-state index contributed by atoms with van der Waals surface area (Å²) in [4.78, 5) is 62.6. The van der Waals surface area contributed by atoms with E-state index in [9.17, 15) is 9.59 Å². The van der Waals surface area contributed by atoms with Crippen LogP contribution in [0, 0.1) is 10.8 Å². The number of halogens is 1. The molecule has 4 aliphatic rings. The Balaban J connectivity index is 0.000000156. The molecule has 0 aliphatic carbocycles. The van der Waals surface area contributed by atoms with E-state index >= 15 is 0 Å². The highest BCUT2D eigenvalue weighted by Crippen LogP contribution is 2.43. The van der Waals surface area contributed by atoms with Crippen molar-refractivity contribution in [2.24, 2.45) is 10.8 Å². The monoisotopic (exact) mass is 882 g/mol. The van der Waals surface area contributed by atoms with Gasteiger partial charge in [-0.2, -0.15) is 0 Å². The molecule has 4 fully saturated rings. The third-order valence-electron chi connectivity index (χ3n) is 13.2. The maximum Gasteiger partial charge on any atom is 0.229 e. The molecule has 13 nitrogen and oxygen atoms in total. The smallest absolute Gasteiger partial charge is 0.229 e. The third kappa shape index (κ3) is 8.73. The van der Waals surface area contributed by atoms with Crippen LogP contribution in [0.15, 0.2) is 102 Å². The van der Waals surface area contributed by atoms with Gasteiger partial charge in [0.05, 0.1) is 52.4 Å². The lowest BCUT2D eigenvalue weighted by Crippen LogP contribution is -2.53. The number of benzene rings is 2. The lowest BCUT2D eigenvalue weighted by atomic mass is 9.71. The Morgan fingerprint density at radius 1 is 0.574 bits per heavy atom. The molecule has 314 valence electrons. The summed E-state index contributed by atoms with van der Waals surface area (Å²) in [7, 11) is 1.61. The number of likely N-dealkylation sites (tertiary alicyclic amines) is 2. The van der Waals surface area contributed by atoms with Gasteiger partial charge >= 0.3 is 0 Å². The molecule has 0 N–H and O–H groups in total. The summed E-state index contributed by atoms with van der Waals surface area (Å²) in [6, 6.07) is 23.7. The van der Waals surface area contributed by atoms with E-state index in [-0.39, 0.29) is 10.8 Å². The zero-order chi connectivity index (χ0) is 41.8. The van der Waals surface area contributed by atoms with E-state index in [1.165, 1.54) is 0 Å². The summed E-state index contributed by atoms with van der Waals surface area (Å²) < 4.78 is 6.04. The second-order valence-electron chi connectivity index (χ2n) is 16.8. The highest BCUT2D eigenvalue weighted by molar-refractivity contribution is 9.10. The molecule has 2 spiro atoms. The first-order chi connectivity index (χ1) is 29.8. The van der Waals surface area contributed by atoms with E-state index in [0.29, 0.717) is 30.8 Å². The molecule has 2 aromatic carbocycles. The van der Waals surface area contributed by atoms with E-state index in [4.69, 9.17) is 14.7 Å². The number of para-hydroxylation sites is 4. The molecule has 6 aromatic rings. The van der Waals surface area contributed by atoms with Gasteiger partial charge in [-0.15, -0.1) is 0 Å². The SMILES string of the molecule is COc1cc(CN2CCCC3(CCN(c4cnc5ccccc5n4)CC3)C2=O)ccn1.O=C1N(Cc2ccnc(Br)c2)CCCC12CCN(c1cnc3ccccc3n1)CC2. The number of fused-ring (bicyclic) bond motifs is 2. The molecule has 4 aromatic heterocycles.